The Balaban J connectivity index is 1.73. The van der Waals surface area contributed by atoms with E-state index >= 15 is 0 Å². The molecule has 0 saturated carbocycles. The van der Waals surface area contributed by atoms with Crippen LogP contribution in [-0.4, -0.2) is 21.4 Å². The summed E-state index contributed by atoms with van der Waals surface area (Å²) in [5.74, 6) is 1.62. The minimum atomic E-state index is -0.00858. The molecule has 1 atom stereocenters. The average molecular weight is 332 g/mol. The van der Waals surface area contributed by atoms with Crippen LogP contribution in [0.5, 0.6) is 5.75 Å². The first kappa shape index (κ1) is 15.4. The van der Waals surface area contributed by atoms with E-state index in [4.69, 9.17) is 4.74 Å². The van der Waals surface area contributed by atoms with Gasteiger partial charge in [0.2, 0.25) is 5.95 Å². The molecule has 5 heteroatoms. The molecule has 0 saturated heterocycles. The van der Waals surface area contributed by atoms with Gasteiger partial charge in [-0.3, -0.25) is 0 Å². The Kier molecular flexibility index (Phi) is 3.98. The van der Waals surface area contributed by atoms with Crippen molar-refractivity contribution in [2.45, 2.75) is 19.9 Å². The van der Waals surface area contributed by atoms with E-state index in [-0.39, 0.29) is 6.04 Å². The van der Waals surface area contributed by atoms with E-state index < -0.39 is 0 Å². The van der Waals surface area contributed by atoms with Gasteiger partial charge in [0.25, 0.3) is 0 Å². The van der Waals surface area contributed by atoms with E-state index in [1.54, 1.807) is 6.33 Å². The lowest BCUT2D eigenvalue weighted by molar-refractivity contribution is 0.340. The molecule has 1 aliphatic heterocycles. The third-order valence-electron chi connectivity index (χ3n) is 4.30. The largest absolute Gasteiger partial charge is 0.494 e. The minimum Gasteiger partial charge on any atom is -0.494 e. The fraction of sp³-hybridized carbons (Fsp3) is 0.200. The standard InChI is InChI=1S/C20H20N4O/c1-3-25-17-10-8-16(9-11-17)19-12-18(15-6-4-14(2)5-7-15)23-20-21-13-22-24(19)20/h4-13,19H,3H2,1-2H3,(H,21,22,23)/t19-/m0/s1. The van der Waals surface area contributed by atoms with Gasteiger partial charge in [-0.2, -0.15) is 10.1 Å². The summed E-state index contributed by atoms with van der Waals surface area (Å²) in [4.78, 5) is 4.35. The predicted molar refractivity (Wildman–Crippen MR) is 98.6 cm³/mol. The molecule has 25 heavy (non-hydrogen) atoms. The number of rotatable bonds is 4. The SMILES string of the molecule is CCOc1ccc([C@@H]2C=C(c3ccc(C)cc3)Nc3ncnn32)cc1. The van der Waals surface area contributed by atoms with Crippen molar-refractivity contribution in [2.24, 2.45) is 0 Å². The normalized spacial score (nSPS) is 15.9. The molecule has 1 N–H and O–H groups in total. The molecule has 0 fully saturated rings. The number of fused-ring (bicyclic) bond motifs is 1. The number of aromatic nitrogens is 3. The summed E-state index contributed by atoms with van der Waals surface area (Å²) in [5.41, 5.74) is 4.56. The zero-order chi connectivity index (χ0) is 17.2. The van der Waals surface area contributed by atoms with E-state index in [1.165, 1.54) is 5.56 Å². The number of nitrogens with zero attached hydrogens (tertiary/aromatic N) is 3. The van der Waals surface area contributed by atoms with Gasteiger partial charge in [-0.15, -0.1) is 0 Å². The Morgan fingerprint density at radius 1 is 1.08 bits per heavy atom. The van der Waals surface area contributed by atoms with Crippen molar-refractivity contribution in [1.29, 1.82) is 0 Å². The van der Waals surface area contributed by atoms with Crippen LogP contribution in [0, 0.1) is 6.92 Å². The highest BCUT2D eigenvalue weighted by molar-refractivity contribution is 5.77. The fourth-order valence-electron chi connectivity index (χ4n) is 3.00. The van der Waals surface area contributed by atoms with E-state index in [0.29, 0.717) is 6.61 Å². The summed E-state index contributed by atoms with van der Waals surface area (Å²) >= 11 is 0. The highest BCUT2D eigenvalue weighted by atomic mass is 16.5. The van der Waals surface area contributed by atoms with Crippen LogP contribution >= 0.6 is 0 Å². The monoisotopic (exact) mass is 332 g/mol. The zero-order valence-electron chi connectivity index (χ0n) is 14.3. The molecule has 2 heterocycles. The second-order valence-electron chi connectivity index (χ2n) is 6.05. The van der Waals surface area contributed by atoms with Crippen molar-refractivity contribution in [3.05, 3.63) is 77.6 Å². The number of hydrogen-bond acceptors (Lipinski definition) is 4. The third kappa shape index (κ3) is 3.01. The van der Waals surface area contributed by atoms with Crippen LogP contribution in [0.3, 0.4) is 0 Å². The smallest absolute Gasteiger partial charge is 0.226 e. The molecule has 1 aromatic heterocycles. The lowest BCUT2D eigenvalue weighted by atomic mass is 10.0. The molecular weight excluding hydrogens is 312 g/mol. The molecule has 1 aliphatic rings. The van der Waals surface area contributed by atoms with Gasteiger partial charge < -0.3 is 10.1 Å². The van der Waals surface area contributed by atoms with Gasteiger partial charge in [-0.25, -0.2) is 4.68 Å². The molecule has 126 valence electrons. The quantitative estimate of drug-likeness (QED) is 0.783. The second kappa shape index (κ2) is 6.43. The van der Waals surface area contributed by atoms with Crippen molar-refractivity contribution in [2.75, 3.05) is 11.9 Å². The Morgan fingerprint density at radius 3 is 2.56 bits per heavy atom. The zero-order valence-corrected chi connectivity index (χ0v) is 14.3. The van der Waals surface area contributed by atoms with Gasteiger partial charge in [0.15, 0.2) is 0 Å². The summed E-state index contributed by atoms with van der Waals surface area (Å²) < 4.78 is 7.44. The number of anilines is 1. The first-order valence-corrected chi connectivity index (χ1v) is 8.43. The number of hydrogen-bond donors (Lipinski definition) is 1. The van der Waals surface area contributed by atoms with Crippen molar-refractivity contribution in [1.82, 2.24) is 14.8 Å². The maximum Gasteiger partial charge on any atom is 0.226 e. The Labute approximate surface area is 147 Å². The second-order valence-corrected chi connectivity index (χ2v) is 6.05. The first-order chi connectivity index (χ1) is 12.2. The van der Waals surface area contributed by atoms with Gasteiger partial charge in [0.05, 0.1) is 6.61 Å². The Hall–Kier alpha value is -3.08. The number of benzene rings is 2. The van der Waals surface area contributed by atoms with Gasteiger partial charge in [0, 0.05) is 5.70 Å². The highest BCUT2D eigenvalue weighted by Gasteiger charge is 2.23. The van der Waals surface area contributed by atoms with Crippen molar-refractivity contribution in [3.8, 4) is 5.75 Å². The lowest BCUT2D eigenvalue weighted by Gasteiger charge is -2.24. The van der Waals surface area contributed by atoms with Crippen LogP contribution in [0.1, 0.15) is 29.7 Å². The lowest BCUT2D eigenvalue weighted by Crippen LogP contribution is -2.20. The maximum atomic E-state index is 5.54. The van der Waals surface area contributed by atoms with Gasteiger partial charge in [-0.1, -0.05) is 42.0 Å². The molecule has 0 aliphatic carbocycles. The van der Waals surface area contributed by atoms with E-state index in [1.807, 2.05) is 23.7 Å². The highest BCUT2D eigenvalue weighted by Crippen LogP contribution is 2.32. The van der Waals surface area contributed by atoms with Gasteiger partial charge >= 0.3 is 0 Å². The average Bonchev–Trinajstić information content (AvgIpc) is 3.11. The van der Waals surface area contributed by atoms with E-state index in [0.717, 1.165) is 28.5 Å². The molecule has 5 nitrogen and oxygen atoms in total. The molecule has 0 amide bonds. The summed E-state index contributed by atoms with van der Waals surface area (Å²) in [5, 5.41) is 7.75. The van der Waals surface area contributed by atoms with Crippen molar-refractivity contribution >= 4 is 11.6 Å². The number of ether oxygens (including phenoxy) is 1. The van der Waals surface area contributed by atoms with Crippen LogP contribution in [0.15, 0.2) is 60.9 Å². The fourth-order valence-corrected chi connectivity index (χ4v) is 3.00. The summed E-state index contributed by atoms with van der Waals surface area (Å²) in [7, 11) is 0. The summed E-state index contributed by atoms with van der Waals surface area (Å²) in [6.07, 6.45) is 3.76. The van der Waals surface area contributed by atoms with Gasteiger partial charge in [0.1, 0.15) is 18.1 Å². The predicted octanol–water partition coefficient (Wildman–Crippen LogP) is 4.04. The topological polar surface area (TPSA) is 52.0 Å². The van der Waals surface area contributed by atoms with Crippen molar-refractivity contribution in [3.63, 3.8) is 0 Å². The molecule has 2 aromatic carbocycles. The molecule has 0 unspecified atom stereocenters. The Bertz CT molecular complexity index is 894. The third-order valence-corrected chi connectivity index (χ3v) is 4.30. The van der Waals surface area contributed by atoms with Gasteiger partial charge in [-0.05, 0) is 43.2 Å². The molecule has 3 aromatic rings. The van der Waals surface area contributed by atoms with Crippen LogP contribution in [0.2, 0.25) is 0 Å². The van der Waals surface area contributed by atoms with Crippen LogP contribution in [-0.2, 0) is 0 Å². The molecule has 0 bridgehead atoms. The number of aryl methyl sites for hydroxylation is 1. The number of nitrogens with one attached hydrogen (secondary N) is 1. The first-order valence-electron chi connectivity index (χ1n) is 8.43. The van der Waals surface area contributed by atoms with E-state index in [9.17, 15) is 0 Å². The van der Waals surface area contributed by atoms with Crippen LogP contribution < -0.4 is 10.1 Å². The molecule has 4 rings (SSSR count). The summed E-state index contributed by atoms with van der Waals surface area (Å²) in [6.45, 7) is 4.74. The molecule has 0 spiro atoms. The molecular formula is C20H20N4O. The van der Waals surface area contributed by atoms with E-state index in [2.05, 4.69) is 64.8 Å². The maximum absolute atomic E-state index is 5.54. The molecule has 0 radical (unpaired) electrons. The van der Waals surface area contributed by atoms with Crippen LogP contribution in [0.25, 0.3) is 5.70 Å². The van der Waals surface area contributed by atoms with Crippen LogP contribution in [0.4, 0.5) is 5.95 Å². The van der Waals surface area contributed by atoms with Crippen molar-refractivity contribution < 1.29 is 4.74 Å². The number of allylic oxidation sites excluding steroid dienone is 1. The minimum absolute atomic E-state index is 0.00858. The summed E-state index contributed by atoms with van der Waals surface area (Å²) in [6, 6.07) is 16.6. The Morgan fingerprint density at radius 2 is 1.84 bits per heavy atom.